The van der Waals surface area contributed by atoms with Crippen LogP contribution in [-0.2, 0) is 26.2 Å². The Labute approximate surface area is 215 Å². The van der Waals surface area contributed by atoms with Crippen LogP contribution in [0.25, 0.3) is 0 Å². The highest BCUT2D eigenvalue weighted by atomic mass is 35.5. The summed E-state index contributed by atoms with van der Waals surface area (Å²) < 4.78 is 39.6. The molecule has 1 saturated carbocycles. The highest BCUT2D eigenvalue weighted by Gasteiger charge is 2.31. The lowest BCUT2D eigenvalue weighted by molar-refractivity contribution is -0.139. The number of rotatable bonds is 9. The first-order valence-electron chi connectivity index (χ1n) is 11.2. The van der Waals surface area contributed by atoms with Crippen LogP contribution in [0, 0.1) is 5.82 Å². The van der Waals surface area contributed by atoms with Gasteiger partial charge in [0.2, 0.25) is 21.8 Å². The first-order chi connectivity index (χ1) is 16.5. The van der Waals surface area contributed by atoms with E-state index in [-0.39, 0.29) is 24.2 Å². The summed E-state index contributed by atoms with van der Waals surface area (Å²) in [4.78, 5) is 27.8. The van der Waals surface area contributed by atoms with Gasteiger partial charge in [-0.15, -0.1) is 0 Å². The molecule has 0 radical (unpaired) electrons. The molecule has 0 heterocycles. The molecule has 11 heteroatoms. The van der Waals surface area contributed by atoms with E-state index in [2.05, 4.69) is 5.32 Å². The molecule has 7 nitrogen and oxygen atoms in total. The SMILES string of the molecule is C[C@H](C(=O)NC1CCCC1)N(Cc1ccc(Cl)cc1Cl)C(=O)CN(c1cccc(F)c1)S(C)(=O)=O. The quantitative estimate of drug-likeness (QED) is 0.508. The number of anilines is 1. The number of benzene rings is 2. The molecule has 1 N–H and O–H groups in total. The maximum atomic E-state index is 13.8. The Morgan fingerprint density at radius 1 is 1.14 bits per heavy atom. The topological polar surface area (TPSA) is 86.8 Å². The summed E-state index contributed by atoms with van der Waals surface area (Å²) in [7, 11) is -3.94. The van der Waals surface area contributed by atoms with E-state index in [1.54, 1.807) is 19.1 Å². The third kappa shape index (κ3) is 7.32. The number of nitrogens with one attached hydrogen (secondary N) is 1. The zero-order chi connectivity index (χ0) is 25.8. The van der Waals surface area contributed by atoms with Crippen molar-refractivity contribution in [2.75, 3.05) is 17.1 Å². The number of nitrogens with zero attached hydrogens (tertiary/aromatic N) is 2. The van der Waals surface area contributed by atoms with Crippen LogP contribution >= 0.6 is 23.2 Å². The monoisotopic (exact) mass is 543 g/mol. The van der Waals surface area contributed by atoms with Crippen LogP contribution in [0.4, 0.5) is 10.1 Å². The zero-order valence-electron chi connectivity index (χ0n) is 19.5. The number of carbonyl (C=O) groups excluding carboxylic acids is 2. The average molecular weight is 544 g/mol. The second-order valence-corrected chi connectivity index (χ2v) is 11.4. The zero-order valence-corrected chi connectivity index (χ0v) is 21.8. The molecular weight excluding hydrogens is 516 g/mol. The summed E-state index contributed by atoms with van der Waals surface area (Å²) in [6, 6.07) is 8.88. The van der Waals surface area contributed by atoms with Gasteiger partial charge < -0.3 is 10.2 Å². The van der Waals surface area contributed by atoms with Crippen molar-refractivity contribution >= 4 is 50.7 Å². The Balaban J connectivity index is 1.90. The molecule has 35 heavy (non-hydrogen) atoms. The predicted octanol–water partition coefficient (Wildman–Crippen LogP) is 4.37. The molecule has 0 aliphatic heterocycles. The molecule has 190 valence electrons. The summed E-state index contributed by atoms with van der Waals surface area (Å²) in [6.07, 6.45) is 4.73. The fourth-order valence-corrected chi connectivity index (χ4v) is 5.36. The molecule has 0 saturated heterocycles. The van der Waals surface area contributed by atoms with Crippen molar-refractivity contribution in [2.45, 2.75) is 51.2 Å². The molecule has 2 amide bonds. The first-order valence-corrected chi connectivity index (χ1v) is 13.8. The minimum atomic E-state index is -3.94. The molecule has 3 rings (SSSR count). The average Bonchev–Trinajstić information content (AvgIpc) is 3.28. The van der Waals surface area contributed by atoms with Crippen molar-refractivity contribution in [1.29, 1.82) is 0 Å². The number of amides is 2. The molecule has 1 aliphatic carbocycles. The summed E-state index contributed by atoms with van der Waals surface area (Å²) in [6.45, 7) is 0.919. The van der Waals surface area contributed by atoms with E-state index in [0.29, 0.717) is 15.6 Å². The van der Waals surface area contributed by atoms with Crippen LogP contribution in [0.2, 0.25) is 10.0 Å². The van der Waals surface area contributed by atoms with E-state index in [0.717, 1.165) is 42.3 Å². The molecule has 1 fully saturated rings. The van der Waals surface area contributed by atoms with Crippen molar-refractivity contribution in [3.63, 3.8) is 0 Å². The number of hydrogen-bond acceptors (Lipinski definition) is 4. The van der Waals surface area contributed by atoms with Crippen molar-refractivity contribution < 1.29 is 22.4 Å². The van der Waals surface area contributed by atoms with E-state index < -0.39 is 34.3 Å². The third-order valence-electron chi connectivity index (χ3n) is 6.00. The molecule has 0 spiro atoms. The number of carbonyl (C=O) groups is 2. The van der Waals surface area contributed by atoms with Crippen molar-refractivity contribution in [2.24, 2.45) is 0 Å². The van der Waals surface area contributed by atoms with Crippen LogP contribution < -0.4 is 9.62 Å². The van der Waals surface area contributed by atoms with Gasteiger partial charge in [0.05, 0.1) is 11.9 Å². The van der Waals surface area contributed by atoms with E-state index in [4.69, 9.17) is 23.2 Å². The lowest BCUT2D eigenvalue weighted by atomic mass is 10.1. The Morgan fingerprint density at radius 2 is 1.83 bits per heavy atom. The highest BCUT2D eigenvalue weighted by molar-refractivity contribution is 7.92. The molecule has 2 aromatic carbocycles. The highest BCUT2D eigenvalue weighted by Crippen LogP contribution is 2.25. The summed E-state index contributed by atoms with van der Waals surface area (Å²) in [5.41, 5.74) is 0.551. The van der Waals surface area contributed by atoms with Gasteiger partial charge in [0.25, 0.3) is 0 Å². The Hall–Kier alpha value is -2.36. The van der Waals surface area contributed by atoms with Crippen LogP contribution in [0.15, 0.2) is 42.5 Å². The van der Waals surface area contributed by atoms with Gasteiger partial charge in [0.15, 0.2) is 0 Å². The van der Waals surface area contributed by atoms with Gasteiger partial charge in [-0.1, -0.05) is 48.2 Å². The van der Waals surface area contributed by atoms with Crippen LogP contribution in [-0.4, -0.2) is 50.0 Å². The van der Waals surface area contributed by atoms with Crippen molar-refractivity contribution in [1.82, 2.24) is 10.2 Å². The van der Waals surface area contributed by atoms with Gasteiger partial charge in [-0.3, -0.25) is 13.9 Å². The largest absolute Gasteiger partial charge is 0.352 e. The van der Waals surface area contributed by atoms with E-state index in [9.17, 15) is 22.4 Å². The fourth-order valence-electron chi connectivity index (χ4n) is 4.05. The lowest BCUT2D eigenvalue weighted by Crippen LogP contribution is -2.52. The van der Waals surface area contributed by atoms with E-state index in [1.807, 2.05) is 0 Å². The van der Waals surface area contributed by atoms with Gasteiger partial charge in [-0.2, -0.15) is 0 Å². The minimum Gasteiger partial charge on any atom is -0.352 e. The normalized spacial score (nSPS) is 15.0. The third-order valence-corrected chi connectivity index (χ3v) is 7.73. The number of hydrogen-bond donors (Lipinski definition) is 1. The number of sulfonamides is 1. The van der Waals surface area contributed by atoms with Gasteiger partial charge in [0, 0.05) is 22.6 Å². The fraction of sp³-hybridized carbons (Fsp3) is 0.417. The lowest BCUT2D eigenvalue weighted by Gasteiger charge is -2.32. The Kier molecular flexibility index (Phi) is 9.01. The van der Waals surface area contributed by atoms with E-state index >= 15 is 0 Å². The summed E-state index contributed by atoms with van der Waals surface area (Å²) in [5.74, 6) is -1.62. The van der Waals surface area contributed by atoms with Crippen LogP contribution in [0.5, 0.6) is 0 Å². The molecule has 2 aromatic rings. The maximum Gasteiger partial charge on any atom is 0.244 e. The summed E-state index contributed by atoms with van der Waals surface area (Å²) in [5, 5.41) is 3.70. The van der Waals surface area contributed by atoms with E-state index in [1.165, 1.54) is 29.2 Å². The van der Waals surface area contributed by atoms with Gasteiger partial charge in [0.1, 0.15) is 18.4 Å². The summed E-state index contributed by atoms with van der Waals surface area (Å²) >= 11 is 12.3. The van der Waals surface area contributed by atoms with Gasteiger partial charge in [-0.05, 0) is 55.7 Å². The number of halogens is 3. The second-order valence-electron chi connectivity index (χ2n) is 8.67. The van der Waals surface area contributed by atoms with Gasteiger partial charge >= 0.3 is 0 Å². The maximum absolute atomic E-state index is 13.8. The molecule has 0 aromatic heterocycles. The molecule has 0 unspecified atom stereocenters. The first kappa shape index (κ1) is 27.2. The van der Waals surface area contributed by atoms with Crippen LogP contribution in [0.3, 0.4) is 0 Å². The minimum absolute atomic E-state index is 0.00776. The second kappa shape index (κ2) is 11.6. The molecule has 1 aliphatic rings. The van der Waals surface area contributed by atoms with Gasteiger partial charge in [-0.25, -0.2) is 12.8 Å². The Morgan fingerprint density at radius 3 is 2.43 bits per heavy atom. The molecular formula is C24H28Cl2FN3O4S. The Bertz CT molecular complexity index is 1190. The molecule has 1 atom stereocenters. The smallest absolute Gasteiger partial charge is 0.244 e. The predicted molar refractivity (Wildman–Crippen MR) is 135 cm³/mol. The van der Waals surface area contributed by atoms with Crippen molar-refractivity contribution in [3.05, 3.63) is 63.9 Å². The molecule has 0 bridgehead atoms. The van der Waals surface area contributed by atoms with Crippen molar-refractivity contribution in [3.8, 4) is 0 Å². The standard InChI is InChI=1S/C24H28Cl2FN3O4S/c1-16(24(32)28-20-7-3-4-8-20)29(14-17-10-11-18(25)12-22(17)26)23(31)15-30(35(2,33)34)21-9-5-6-19(27)13-21/h5-6,9-13,16,20H,3-4,7-8,14-15H2,1-2H3,(H,28,32)/t16-/m1/s1. The van der Waals surface area contributed by atoms with Crippen LogP contribution in [0.1, 0.15) is 38.2 Å².